The Morgan fingerprint density at radius 2 is 1.88 bits per heavy atom. The number of nitrogens with zero attached hydrogens (tertiary/aromatic N) is 1. The summed E-state index contributed by atoms with van der Waals surface area (Å²) in [6.07, 6.45) is 3.07. The first-order valence-corrected chi connectivity index (χ1v) is 5.67. The van der Waals surface area contributed by atoms with Crippen molar-refractivity contribution in [1.29, 1.82) is 0 Å². The first-order valence-electron chi connectivity index (χ1n) is 4.59. The number of carbonyl (C=O) groups excluding carboxylic acids is 1. The summed E-state index contributed by atoms with van der Waals surface area (Å²) in [6.45, 7) is 0. The van der Waals surface area contributed by atoms with Crippen LogP contribution in [0.3, 0.4) is 0 Å². The molecule has 0 bridgehead atoms. The predicted octanol–water partition coefficient (Wildman–Crippen LogP) is 1.03. The van der Waals surface area contributed by atoms with Crippen LogP contribution in [0.5, 0.6) is 0 Å². The molecule has 0 saturated carbocycles. The lowest BCUT2D eigenvalue weighted by Crippen LogP contribution is -2.18. The van der Waals surface area contributed by atoms with E-state index in [-0.39, 0.29) is 10.8 Å². The molecule has 1 unspecified atom stereocenters. The Balaban J connectivity index is 2.76. The molecule has 5 heteroatoms. The van der Waals surface area contributed by atoms with Gasteiger partial charge in [-0.2, -0.15) is 0 Å². The third-order valence-corrected chi connectivity index (χ3v) is 2.59. The monoisotopic (exact) mass is 238 g/mol. The van der Waals surface area contributed by atoms with Crippen molar-refractivity contribution < 1.29 is 13.6 Å². The van der Waals surface area contributed by atoms with E-state index in [1.54, 1.807) is 32.3 Å². The van der Waals surface area contributed by atoms with Gasteiger partial charge in [-0.1, -0.05) is 12.1 Å². The van der Waals surface area contributed by atoms with Gasteiger partial charge in [0.05, 0.1) is 0 Å². The Kier molecular flexibility index (Phi) is 4.39. The van der Waals surface area contributed by atoms with E-state index in [4.69, 9.17) is 0 Å². The third kappa shape index (κ3) is 3.60. The average Bonchev–Trinajstić information content (AvgIpc) is 2.26. The summed E-state index contributed by atoms with van der Waals surface area (Å²) in [5.74, 6) is -0.114. The van der Waals surface area contributed by atoms with Gasteiger partial charge in [-0.25, -0.2) is 0 Å². The topological polar surface area (TPSA) is 60.4 Å². The third-order valence-electron chi connectivity index (χ3n) is 1.93. The van der Waals surface area contributed by atoms with Crippen molar-refractivity contribution >= 4 is 23.1 Å². The molecule has 1 rings (SSSR count). The number of hydrogen-bond acceptors (Lipinski definition) is 3. The molecule has 1 atom stereocenters. The van der Waals surface area contributed by atoms with Crippen LogP contribution in [0.25, 0.3) is 6.08 Å². The van der Waals surface area contributed by atoms with E-state index in [0.29, 0.717) is 0 Å². The van der Waals surface area contributed by atoms with Crippen LogP contribution in [0.15, 0.2) is 35.2 Å². The molecule has 0 fully saturated rings. The van der Waals surface area contributed by atoms with Crippen molar-refractivity contribution in [3.8, 4) is 0 Å². The zero-order chi connectivity index (χ0) is 12.1. The van der Waals surface area contributed by atoms with Crippen LogP contribution < -0.4 is 0 Å². The second-order valence-electron chi connectivity index (χ2n) is 3.37. The van der Waals surface area contributed by atoms with Gasteiger partial charge in [0.25, 0.3) is 0 Å². The van der Waals surface area contributed by atoms with E-state index < -0.39 is 11.1 Å². The van der Waals surface area contributed by atoms with E-state index in [9.17, 15) is 13.6 Å². The van der Waals surface area contributed by atoms with Crippen molar-refractivity contribution in [3.63, 3.8) is 0 Å². The zero-order valence-electron chi connectivity index (χ0n) is 9.04. The number of rotatable bonds is 3. The number of carbonyl (C=O) groups is 1. The fourth-order valence-corrected chi connectivity index (χ4v) is 1.36. The molecular formula is C11H12NO3S-. The summed E-state index contributed by atoms with van der Waals surface area (Å²) in [6, 6.07) is 6.26. The minimum absolute atomic E-state index is 0.114. The molecule has 0 N–H and O–H groups in total. The second-order valence-corrected chi connectivity index (χ2v) is 4.31. The molecule has 1 aromatic carbocycles. The van der Waals surface area contributed by atoms with Crippen LogP contribution >= 0.6 is 0 Å². The van der Waals surface area contributed by atoms with E-state index in [2.05, 4.69) is 0 Å². The first-order chi connectivity index (χ1) is 7.50. The van der Waals surface area contributed by atoms with Gasteiger partial charge >= 0.3 is 0 Å². The lowest BCUT2D eigenvalue weighted by Gasteiger charge is -2.06. The molecule has 86 valence electrons. The zero-order valence-corrected chi connectivity index (χ0v) is 9.86. The normalized spacial score (nSPS) is 12.7. The molecule has 0 spiro atoms. The first kappa shape index (κ1) is 12.6. The van der Waals surface area contributed by atoms with Crippen molar-refractivity contribution in [2.24, 2.45) is 0 Å². The van der Waals surface area contributed by atoms with E-state index in [1.807, 2.05) is 0 Å². The highest BCUT2D eigenvalue weighted by molar-refractivity contribution is 7.79. The van der Waals surface area contributed by atoms with Gasteiger partial charge in [-0.15, -0.1) is 0 Å². The minimum Gasteiger partial charge on any atom is -0.768 e. The summed E-state index contributed by atoms with van der Waals surface area (Å²) in [7, 11) is 3.33. The van der Waals surface area contributed by atoms with Crippen LogP contribution in [0, 0.1) is 0 Å². The fraction of sp³-hybridized carbons (Fsp3) is 0.182. The molecule has 0 aliphatic rings. The molecule has 0 saturated heterocycles. The highest BCUT2D eigenvalue weighted by Gasteiger charge is 1.97. The van der Waals surface area contributed by atoms with E-state index in [1.165, 1.54) is 23.1 Å². The van der Waals surface area contributed by atoms with Crippen LogP contribution in [-0.4, -0.2) is 33.7 Å². The van der Waals surface area contributed by atoms with Crippen molar-refractivity contribution in [3.05, 3.63) is 35.9 Å². The number of hydrogen-bond donors (Lipinski definition) is 0. The van der Waals surface area contributed by atoms with Crippen molar-refractivity contribution in [1.82, 2.24) is 4.90 Å². The van der Waals surface area contributed by atoms with Gasteiger partial charge in [0.1, 0.15) is 0 Å². The lowest BCUT2D eigenvalue weighted by atomic mass is 10.2. The number of benzene rings is 1. The fourth-order valence-electron chi connectivity index (χ4n) is 1.01. The molecule has 4 nitrogen and oxygen atoms in total. The van der Waals surface area contributed by atoms with Gasteiger partial charge in [-0.3, -0.25) is 9.00 Å². The summed E-state index contributed by atoms with van der Waals surface area (Å²) in [5.41, 5.74) is 0.782. The van der Waals surface area contributed by atoms with Gasteiger partial charge in [0.15, 0.2) is 0 Å². The van der Waals surface area contributed by atoms with Gasteiger partial charge in [-0.05, 0) is 34.9 Å². The van der Waals surface area contributed by atoms with Gasteiger partial charge < -0.3 is 9.45 Å². The number of amides is 1. The molecule has 0 radical (unpaired) electrons. The molecule has 1 aromatic rings. The molecular weight excluding hydrogens is 226 g/mol. The molecule has 0 heterocycles. The quantitative estimate of drug-likeness (QED) is 0.583. The summed E-state index contributed by atoms with van der Waals surface area (Å²) in [5, 5.41) is 0. The Bertz CT molecular complexity index is 423. The predicted molar refractivity (Wildman–Crippen MR) is 61.4 cm³/mol. The van der Waals surface area contributed by atoms with Crippen LogP contribution in [-0.2, 0) is 15.9 Å². The lowest BCUT2D eigenvalue weighted by molar-refractivity contribution is -0.123. The summed E-state index contributed by atoms with van der Waals surface area (Å²) < 4.78 is 21.2. The van der Waals surface area contributed by atoms with Gasteiger partial charge in [0, 0.05) is 25.1 Å². The van der Waals surface area contributed by atoms with E-state index in [0.717, 1.165) is 5.56 Å². The maximum atomic E-state index is 11.2. The Hall–Kier alpha value is -1.46. The summed E-state index contributed by atoms with van der Waals surface area (Å²) in [4.78, 5) is 12.9. The molecule has 0 aliphatic carbocycles. The largest absolute Gasteiger partial charge is 0.768 e. The van der Waals surface area contributed by atoms with Crippen molar-refractivity contribution in [2.75, 3.05) is 14.1 Å². The molecule has 0 aromatic heterocycles. The second kappa shape index (κ2) is 5.58. The molecule has 0 aliphatic heterocycles. The highest BCUT2D eigenvalue weighted by Crippen LogP contribution is 2.08. The average molecular weight is 238 g/mol. The van der Waals surface area contributed by atoms with Gasteiger partial charge in [0.2, 0.25) is 5.91 Å². The van der Waals surface area contributed by atoms with Crippen LogP contribution in [0.2, 0.25) is 0 Å². The van der Waals surface area contributed by atoms with Crippen LogP contribution in [0.4, 0.5) is 0 Å². The maximum Gasteiger partial charge on any atom is 0.246 e. The Morgan fingerprint density at radius 3 is 2.31 bits per heavy atom. The summed E-state index contributed by atoms with van der Waals surface area (Å²) >= 11 is -2.21. The Morgan fingerprint density at radius 1 is 1.31 bits per heavy atom. The number of likely N-dealkylation sites (N-methyl/N-ethyl adjacent to an activating group) is 1. The minimum atomic E-state index is -2.21. The molecule has 1 amide bonds. The maximum absolute atomic E-state index is 11.2. The van der Waals surface area contributed by atoms with Crippen molar-refractivity contribution in [2.45, 2.75) is 4.90 Å². The smallest absolute Gasteiger partial charge is 0.246 e. The van der Waals surface area contributed by atoms with E-state index >= 15 is 0 Å². The molecule has 16 heavy (non-hydrogen) atoms. The van der Waals surface area contributed by atoms with Crippen LogP contribution in [0.1, 0.15) is 5.56 Å². The SMILES string of the molecule is CN(C)C(=O)/C=C/c1ccc(S(=O)[O-])cc1. The highest BCUT2D eigenvalue weighted by atomic mass is 32.2. The Labute approximate surface area is 96.9 Å². The standard InChI is InChI=1S/C11H13NO3S/c1-12(2)11(13)8-5-9-3-6-10(7-4-9)16(14)15/h3-8H,1-2H3,(H,14,15)/p-1/b8-5+.